The van der Waals surface area contributed by atoms with Crippen molar-refractivity contribution in [3.8, 4) is 0 Å². The minimum Gasteiger partial charge on any atom is -0.370 e. The van der Waals surface area contributed by atoms with E-state index in [1.165, 1.54) is 0 Å². The first-order valence-corrected chi connectivity index (χ1v) is 2.83. The minimum absolute atomic E-state index is 0.0613. The second-order valence-corrected chi connectivity index (χ2v) is 1.98. The quantitative estimate of drug-likeness (QED) is 0.495. The summed E-state index contributed by atoms with van der Waals surface area (Å²) in [4.78, 5) is 20.3. The van der Waals surface area contributed by atoms with Gasteiger partial charge in [-0.1, -0.05) is 0 Å². The molecule has 5 N–H and O–H groups in total. The van der Waals surface area contributed by atoms with Crippen LogP contribution >= 0.6 is 0 Å². The van der Waals surface area contributed by atoms with Gasteiger partial charge in [-0.15, -0.1) is 0 Å². The molecule has 0 aromatic carbocycles. The fourth-order valence-corrected chi connectivity index (χ4v) is 0.429. The summed E-state index contributed by atoms with van der Waals surface area (Å²) < 4.78 is 0. The monoisotopic (exact) mass is 144 g/mol. The van der Waals surface area contributed by atoms with Crippen molar-refractivity contribution in [2.45, 2.75) is 18.9 Å². The molecule has 0 aromatic rings. The minimum atomic E-state index is -0.868. The second-order valence-electron chi connectivity index (χ2n) is 1.98. The highest BCUT2D eigenvalue weighted by atomic mass is 16.1. The van der Waals surface area contributed by atoms with Crippen LogP contribution in [0.5, 0.6) is 0 Å². The molecular formula is C5H10N3O2. The van der Waals surface area contributed by atoms with Crippen molar-refractivity contribution in [3.63, 3.8) is 0 Å². The average molecular weight is 144 g/mol. The first kappa shape index (κ1) is 8.90. The van der Waals surface area contributed by atoms with Crippen LogP contribution < -0.4 is 17.2 Å². The molecule has 0 spiro atoms. The predicted octanol–water partition coefficient (Wildman–Crippen LogP) is -1.61. The molecule has 0 saturated heterocycles. The fraction of sp³-hybridized carbons (Fsp3) is 0.600. The molecule has 0 aromatic heterocycles. The Morgan fingerprint density at radius 2 is 2.00 bits per heavy atom. The highest BCUT2D eigenvalue weighted by Gasteiger charge is 2.10. The lowest BCUT2D eigenvalue weighted by atomic mass is 10.1. The van der Waals surface area contributed by atoms with Gasteiger partial charge in [0.1, 0.15) is 0 Å². The van der Waals surface area contributed by atoms with Crippen LogP contribution in [0.3, 0.4) is 0 Å². The maximum atomic E-state index is 10.1. The number of primary amides is 1. The normalized spacial score (nSPS) is 12.5. The van der Waals surface area contributed by atoms with E-state index in [0.717, 1.165) is 0 Å². The molecule has 1 radical (unpaired) electrons. The summed E-state index contributed by atoms with van der Waals surface area (Å²) >= 11 is 0. The Morgan fingerprint density at radius 1 is 1.50 bits per heavy atom. The van der Waals surface area contributed by atoms with Crippen LogP contribution in [-0.2, 0) is 9.59 Å². The molecule has 57 valence electrons. The number of carbonyl (C=O) groups excluding carboxylic acids is 2. The van der Waals surface area contributed by atoms with Crippen LogP contribution in [0.25, 0.3) is 0 Å². The van der Waals surface area contributed by atoms with E-state index in [1.807, 2.05) is 0 Å². The van der Waals surface area contributed by atoms with Crippen LogP contribution in [0.2, 0.25) is 0 Å². The van der Waals surface area contributed by atoms with Gasteiger partial charge in [-0.2, -0.15) is 0 Å². The fourth-order valence-electron chi connectivity index (χ4n) is 0.429. The lowest BCUT2D eigenvalue weighted by molar-refractivity contribution is -0.120. The first-order chi connectivity index (χ1) is 4.54. The number of hydrogen-bond donors (Lipinski definition) is 2. The van der Waals surface area contributed by atoms with Crippen LogP contribution in [0.1, 0.15) is 12.8 Å². The number of rotatable bonds is 4. The van der Waals surface area contributed by atoms with Crippen molar-refractivity contribution < 1.29 is 9.59 Å². The SMILES string of the molecule is [NH]C(=O)C(N)CCC(N)=O. The summed E-state index contributed by atoms with van der Waals surface area (Å²) in [6.07, 6.45) is 0.226. The van der Waals surface area contributed by atoms with Crippen LogP contribution in [0.15, 0.2) is 0 Å². The molecular weight excluding hydrogens is 134 g/mol. The van der Waals surface area contributed by atoms with Crippen molar-refractivity contribution in [2.24, 2.45) is 11.5 Å². The Kier molecular flexibility index (Phi) is 3.42. The number of carbonyl (C=O) groups is 2. The van der Waals surface area contributed by atoms with Crippen molar-refractivity contribution in [2.75, 3.05) is 0 Å². The van der Waals surface area contributed by atoms with Gasteiger partial charge in [-0.05, 0) is 6.42 Å². The molecule has 0 fully saturated rings. The Balaban J connectivity index is 3.49. The van der Waals surface area contributed by atoms with E-state index in [-0.39, 0.29) is 12.8 Å². The first-order valence-electron chi connectivity index (χ1n) is 2.83. The highest BCUT2D eigenvalue weighted by Crippen LogP contribution is 1.92. The molecule has 5 heteroatoms. The summed E-state index contributed by atoms with van der Waals surface area (Å²) in [6.45, 7) is 0. The zero-order valence-electron chi connectivity index (χ0n) is 5.46. The van der Waals surface area contributed by atoms with Gasteiger partial charge >= 0.3 is 0 Å². The van der Waals surface area contributed by atoms with Gasteiger partial charge in [0.25, 0.3) is 5.91 Å². The third kappa shape index (κ3) is 3.85. The van der Waals surface area contributed by atoms with Crippen molar-refractivity contribution in [3.05, 3.63) is 0 Å². The molecule has 2 amide bonds. The van der Waals surface area contributed by atoms with Gasteiger partial charge in [0, 0.05) is 6.42 Å². The van der Waals surface area contributed by atoms with Gasteiger partial charge in [-0.25, -0.2) is 0 Å². The summed E-state index contributed by atoms with van der Waals surface area (Å²) in [6, 6.07) is -0.868. The van der Waals surface area contributed by atoms with Gasteiger partial charge in [0.15, 0.2) is 0 Å². The Hall–Kier alpha value is -1.10. The zero-order chi connectivity index (χ0) is 8.15. The largest absolute Gasteiger partial charge is 0.370 e. The van der Waals surface area contributed by atoms with Crippen LogP contribution in [-0.4, -0.2) is 17.9 Å². The molecule has 0 aliphatic carbocycles. The predicted molar refractivity (Wildman–Crippen MR) is 34.5 cm³/mol. The van der Waals surface area contributed by atoms with Crippen molar-refractivity contribution in [1.29, 1.82) is 0 Å². The van der Waals surface area contributed by atoms with Crippen LogP contribution in [0, 0.1) is 0 Å². The van der Waals surface area contributed by atoms with E-state index >= 15 is 0 Å². The summed E-state index contributed by atoms with van der Waals surface area (Å²) in [5.41, 5.74) is 16.4. The Bertz CT molecular complexity index is 146. The summed E-state index contributed by atoms with van der Waals surface area (Å²) in [5.74, 6) is -1.36. The van der Waals surface area contributed by atoms with Crippen LogP contribution in [0.4, 0.5) is 0 Å². The summed E-state index contributed by atoms with van der Waals surface area (Å²) in [5, 5.41) is 0. The Labute approximate surface area is 58.5 Å². The maximum absolute atomic E-state index is 10.1. The lowest BCUT2D eigenvalue weighted by Crippen LogP contribution is -2.32. The van der Waals surface area contributed by atoms with Crippen molar-refractivity contribution >= 4 is 11.8 Å². The molecule has 0 saturated carbocycles. The summed E-state index contributed by atoms with van der Waals surface area (Å²) in [7, 11) is 0. The number of nitrogens with two attached hydrogens (primary N) is 2. The van der Waals surface area contributed by atoms with E-state index in [2.05, 4.69) is 0 Å². The van der Waals surface area contributed by atoms with E-state index in [9.17, 15) is 9.59 Å². The lowest BCUT2D eigenvalue weighted by Gasteiger charge is -2.02. The van der Waals surface area contributed by atoms with E-state index in [0.29, 0.717) is 0 Å². The third-order valence-electron chi connectivity index (χ3n) is 1.04. The molecule has 0 bridgehead atoms. The van der Waals surface area contributed by atoms with Gasteiger partial charge in [0.2, 0.25) is 5.91 Å². The highest BCUT2D eigenvalue weighted by molar-refractivity contribution is 5.80. The topological polar surface area (TPSA) is 110 Å². The standard InChI is InChI=1S/C5H10N3O2/c6-3(5(8)10)1-2-4(7)9/h3,8H,1-2,6H2,(H2,7,9). The average Bonchev–Trinajstić information content (AvgIpc) is 1.82. The molecule has 1 atom stereocenters. The molecule has 0 aliphatic heterocycles. The van der Waals surface area contributed by atoms with Gasteiger partial charge < -0.3 is 11.5 Å². The Morgan fingerprint density at radius 3 is 2.30 bits per heavy atom. The van der Waals surface area contributed by atoms with E-state index < -0.39 is 17.9 Å². The molecule has 0 rings (SSSR count). The van der Waals surface area contributed by atoms with Gasteiger partial charge in [-0.3, -0.25) is 15.3 Å². The molecule has 0 heterocycles. The number of nitrogens with one attached hydrogen (secondary N) is 1. The smallest absolute Gasteiger partial charge is 0.255 e. The van der Waals surface area contributed by atoms with Crippen molar-refractivity contribution in [1.82, 2.24) is 5.73 Å². The van der Waals surface area contributed by atoms with Gasteiger partial charge in [0.05, 0.1) is 6.04 Å². The van der Waals surface area contributed by atoms with E-state index in [1.54, 1.807) is 0 Å². The third-order valence-corrected chi connectivity index (χ3v) is 1.04. The second kappa shape index (κ2) is 3.84. The molecule has 1 unspecified atom stereocenters. The molecule has 5 nitrogen and oxygen atoms in total. The maximum Gasteiger partial charge on any atom is 0.255 e. The van der Waals surface area contributed by atoms with E-state index in [4.69, 9.17) is 17.2 Å². The number of amides is 2. The molecule has 10 heavy (non-hydrogen) atoms. The number of hydrogen-bond acceptors (Lipinski definition) is 3. The zero-order valence-corrected chi connectivity index (χ0v) is 5.46. The molecule has 0 aliphatic rings.